The maximum Gasteiger partial charge on any atom is 0.0511 e. The lowest BCUT2D eigenvalue weighted by Crippen LogP contribution is -2.31. The van der Waals surface area contributed by atoms with Gasteiger partial charge in [0.2, 0.25) is 0 Å². The summed E-state index contributed by atoms with van der Waals surface area (Å²) >= 11 is 5.70. The van der Waals surface area contributed by atoms with Crippen LogP contribution in [0.5, 0.6) is 0 Å². The van der Waals surface area contributed by atoms with E-state index in [0.29, 0.717) is 6.04 Å². The zero-order chi connectivity index (χ0) is 12.4. The van der Waals surface area contributed by atoms with Crippen molar-refractivity contribution in [2.24, 2.45) is 5.73 Å². The number of rotatable bonds is 3. The minimum absolute atomic E-state index is 0.0905. The fourth-order valence-corrected chi connectivity index (χ4v) is 4.06. The molecule has 2 rings (SSSR count). The normalized spacial score (nSPS) is 21.5. The van der Waals surface area contributed by atoms with Crippen LogP contribution in [0.15, 0.2) is 22.7 Å². The first kappa shape index (κ1) is 13.2. The first-order valence-electron chi connectivity index (χ1n) is 5.95. The highest BCUT2D eigenvalue weighted by Crippen LogP contribution is 2.32. The van der Waals surface area contributed by atoms with Gasteiger partial charge in [0.15, 0.2) is 0 Å². The minimum Gasteiger partial charge on any atom is -0.370 e. The molecule has 1 unspecified atom stereocenters. The minimum atomic E-state index is 0.0905. The van der Waals surface area contributed by atoms with Gasteiger partial charge in [-0.15, -0.1) is 0 Å². The maximum atomic E-state index is 5.89. The van der Waals surface area contributed by atoms with E-state index in [4.69, 9.17) is 5.73 Å². The lowest BCUT2D eigenvalue weighted by atomic mass is 10.1. The molecule has 94 valence electrons. The molecule has 0 amide bonds. The molecule has 0 bridgehead atoms. The van der Waals surface area contributed by atoms with Gasteiger partial charge in [-0.1, -0.05) is 6.07 Å². The molecule has 1 heterocycles. The van der Waals surface area contributed by atoms with Crippen molar-refractivity contribution < 1.29 is 0 Å². The standard InChI is InChI=1S/C13H19BrN2S/c1-9(15)10-3-4-13(12(14)7-10)16(2)11-5-6-17-8-11/h3-4,7,9,11H,5-6,8,15H2,1-2H3/t9-,11?/m0/s1. The Bertz CT molecular complexity index is 389. The molecule has 1 aliphatic rings. The van der Waals surface area contributed by atoms with Gasteiger partial charge in [0.25, 0.3) is 0 Å². The molecule has 17 heavy (non-hydrogen) atoms. The highest BCUT2D eigenvalue weighted by atomic mass is 79.9. The summed E-state index contributed by atoms with van der Waals surface area (Å²) in [5, 5.41) is 0. The molecular weight excluding hydrogens is 296 g/mol. The Balaban J connectivity index is 2.20. The molecule has 1 saturated heterocycles. The van der Waals surface area contributed by atoms with Crippen LogP contribution in [0.25, 0.3) is 0 Å². The van der Waals surface area contributed by atoms with E-state index in [1.165, 1.54) is 29.2 Å². The SMILES string of the molecule is C[C@H](N)c1ccc(N(C)C2CCSC2)c(Br)c1. The van der Waals surface area contributed by atoms with Crippen LogP contribution in [0.1, 0.15) is 24.9 Å². The molecule has 0 saturated carbocycles. The van der Waals surface area contributed by atoms with Crippen LogP contribution in [0.3, 0.4) is 0 Å². The van der Waals surface area contributed by atoms with Gasteiger partial charge in [-0.05, 0) is 52.7 Å². The summed E-state index contributed by atoms with van der Waals surface area (Å²) in [5.74, 6) is 2.52. The summed E-state index contributed by atoms with van der Waals surface area (Å²) in [7, 11) is 2.18. The van der Waals surface area contributed by atoms with E-state index in [2.05, 4.69) is 46.1 Å². The van der Waals surface area contributed by atoms with Crippen molar-refractivity contribution >= 4 is 33.4 Å². The topological polar surface area (TPSA) is 29.3 Å². The number of hydrogen-bond acceptors (Lipinski definition) is 3. The average Bonchev–Trinajstić information content (AvgIpc) is 2.81. The van der Waals surface area contributed by atoms with Crippen LogP contribution < -0.4 is 10.6 Å². The smallest absolute Gasteiger partial charge is 0.0511 e. The molecule has 1 aromatic carbocycles. The van der Waals surface area contributed by atoms with E-state index in [9.17, 15) is 0 Å². The van der Waals surface area contributed by atoms with E-state index in [-0.39, 0.29) is 6.04 Å². The highest BCUT2D eigenvalue weighted by Gasteiger charge is 2.21. The molecule has 0 aliphatic carbocycles. The first-order chi connectivity index (χ1) is 8.09. The van der Waals surface area contributed by atoms with Crippen LogP contribution in [0.2, 0.25) is 0 Å². The summed E-state index contributed by atoms with van der Waals surface area (Å²) < 4.78 is 1.15. The molecule has 0 spiro atoms. The van der Waals surface area contributed by atoms with Crippen LogP contribution >= 0.6 is 27.7 Å². The third-order valence-corrected chi connectivity index (χ3v) is 5.11. The van der Waals surface area contributed by atoms with Gasteiger partial charge in [0.1, 0.15) is 0 Å². The number of hydrogen-bond donors (Lipinski definition) is 1. The van der Waals surface area contributed by atoms with E-state index in [1.54, 1.807) is 0 Å². The molecule has 2 nitrogen and oxygen atoms in total. The lowest BCUT2D eigenvalue weighted by molar-refractivity contribution is 0.698. The number of benzene rings is 1. The Morgan fingerprint density at radius 3 is 2.82 bits per heavy atom. The Morgan fingerprint density at radius 1 is 1.53 bits per heavy atom. The summed E-state index contributed by atoms with van der Waals surface area (Å²) in [6, 6.07) is 7.19. The molecule has 2 atom stereocenters. The number of nitrogens with two attached hydrogens (primary N) is 1. The lowest BCUT2D eigenvalue weighted by Gasteiger charge is -2.27. The Hall–Kier alpha value is -0.190. The van der Waals surface area contributed by atoms with Gasteiger partial charge in [-0.3, -0.25) is 0 Å². The summed E-state index contributed by atoms with van der Waals surface area (Å²) in [4.78, 5) is 2.38. The fraction of sp³-hybridized carbons (Fsp3) is 0.538. The van der Waals surface area contributed by atoms with Crippen molar-refractivity contribution in [3.8, 4) is 0 Å². The van der Waals surface area contributed by atoms with Gasteiger partial charge in [-0.25, -0.2) is 0 Å². The highest BCUT2D eigenvalue weighted by molar-refractivity contribution is 9.10. The zero-order valence-electron chi connectivity index (χ0n) is 10.3. The van der Waals surface area contributed by atoms with Crippen molar-refractivity contribution in [3.05, 3.63) is 28.2 Å². The van der Waals surface area contributed by atoms with Gasteiger partial charge < -0.3 is 10.6 Å². The number of halogens is 1. The van der Waals surface area contributed by atoms with E-state index in [1.807, 2.05) is 18.7 Å². The van der Waals surface area contributed by atoms with Crippen LogP contribution in [-0.4, -0.2) is 24.6 Å². The Labute approximate surface area is 116 Å². The number of thioether (sulfide) groups is 1. The molecule has 1 aliphatic heterocycles. The van der Waals surface area contributed by atoms with E-state index < -0.39 is 0 Å². The van der Waals surface area contributed by atoms with Gasteiger partial charge in [-0.2, -0.15) is 11.8 Å². The second-order valence-electron chi connectivity index (χ2n) is 4.63. The van der Waals surface area contributed by atoms with Gasteiger partial charge in [0, 0.05) is 29.4 Å². The average molecular weight is 315 g/mol. The van der Waals surface area contributed by atoms with Crippen molar-refractivity contribution in [1.29, 1.82) is 0 Å². The summed E-state index contributed by atoms with van der Waals surface area (Å²) in [5.41, 5.74) is 8.33. The third-order valence-electron chi connectivity index (χ3n) is 3.33. The van der Waals surface area contributed by atoms with Crippen LogP contribution in [0, 0.1) is 0 Å². The van der Waals surface area contributed by atoms with E-state index in [0.717, 1.165) is 4.47 Å². The second kappa shape index (κ2) is 5.63. The predicted octanol–water partition coefficient (Wildman–Crippen LogP) is 3.41. The van der Waals surface area contributed by atoms with Crippen molar-refractivity contribution in [1.82, 2.24) is 0 Å². The Kier molecular flexibility index (Phi) is 4.39. The number of anilines is 1. The second-order valence-corrected chi connectivity index (χ2v) is 6.63. The van der Waals surface area contributed by atoms with Gasteiger partial charge >= 0.3 is 0 Å². The zero-order valence-corrected chi connectivity index (χ0v) is 12.7. The van der Waals surface area contributed by atoms with Crippen molar-refractivity contribution in [3.63, 3.8) is 0 Å². The molecule has 4 heteroatoms. The molecule has 1 fully saturated rings. The maximum absolute atomic E-state index is 5.89. The largest absolute Gasteiger partial charge is 0.370 e. The summed E-state index contributed by atoms with van der Waals surface area (Å²) in [6.45, 7) is 2.01. The van der Waals surface area contributed by atoms with E-state index >= 15 is 0 Å². The molecular formula is C13H19BrN2S. The third kappa shape index (κ3) is 2.98. The fourth-order valence-electron chi connectivity index (χ4n) is 2.12. The molecule has 2 N–H and O–H groups in total. The molecule has 0 aromatic heterocycles. The number of nitrogens with zero attached hydrogens (tertiary/aromatic N) is 1. The van der Waals surface area contributed by atoms with Crippen LogP contribution in [-0.2, 0) is 0 Å². The monoisotopic (exact) mass is 314 g/mol. The molecule has 1 aromatic rings. The Morgan fingerprint density at radius 2 is 2.29 bits per heavy atom. The van der Waals surface area contributed by atoms with Crippen molar-refractivity contribution in [2.45, 2.75) is 25.4 Å². The van der Waals surface area contributed by atoms with Crippen molar-refractivity contribution in [2.75, 3.05) is 23.5 Å². The summed E-state index contributed by atoms with van der Waals surface area (Å²) in [6.07, 6.45) is 1.28. The van der Waals surface area contributed by atoms with Gasteiger partial charge in [0.05, 0.1) is 5.69 Å². The predicted molar refractivity (Wildman–Crippen MR) is 80.9 cm³/mol. The quantitative estimate of drug-likeness (QED) is 0.927. The molecule has 0 radical (unpaired) electrons. The first-order valence-corrected chi connectivity index (χ1v) is 7.90. The van der Waals surface area contributed by atoms with Crippen LogP contribution in [0.4, 0.5) is 5.69 Å².